The Balaban J connectivity index is 1.51. The van der Waals surface area contributed by atoms with Gasteiger partial charge in [-0.2, -0.15) is 5.10 Å². The predicted octanol–water partition coefficient (Wildman–Crippen LogP) is 3.82. The molecule has 2 amide bonds. The molecular weight excluding hydrogens is 372 g/mol. The van der Waals surface area contributed by atoms with Gasteiger partial charge >= 0.3 is 6.03 Å². The Morgan fingerprint density at radius 3 is 2.93 bits per heavy atom. The van der Waals surface area contributed by atoms with Crippen molar-refractivity contribution in [1.82, 2.24) is 14.5 Å². The zero-order chi connectivity index (χ0) is 19.1. The van der Waals surface area contributed by atoms with Crippen molar-refractivity contribution in [2.24, 2.45) is 0 Å². The topological polar surface area (TPSA) is 76.0 Å². The molecule has 1 aliphatic heterocycles. The smallest absolute Gasteiger partial charge is 0.307 e. The van der Waals surface area contributed by atoms with Gasteiger partial charge in [-0.05, 0) is 79.2 Å². The van der Waals surface area contributed by atoms with Crippen LogP contribution in [0.15, 0.2) is 23.4 Å². The van der Waals surface area contributed by atoms with Crippen molar-refractivity contribution in [2.45, 2.75) is 75.3 Å². The molecule has 2 atom stereocenters. The van der Waals surface area contributed by atoms with E-state index >= 15 is 0 Å². The number of urea groups is 1. The summed E-state index contributed by atoms with van der Waals surface area (Å²) < 4.78 is 16.9. The lowest BCUT2D eigenvalue weighted by Crippen LogP contribution is -2.31. The number of fused-ring (bicyclic) bond motifs is 4. The first-order valence-corrected chi connectivity index (χ1v) is 11.5. The lowest BCUT2D eigenvalue weighted by Gasteiger charge is -2.20. The van der Waals surface area contributed by atoms with Crippen LogP contribution in [-0.2, 0) is 36.8 Å². The second-order valence-corrected chi connectivity index (χ2v) is 9.30. The second kappa shape index (κ2) is 7.35. The Bertz CT molecular complexity index is 952. The molecule has 0 saturated heterocycles. The van der Waals surface area contributed by atoms with Crippen molar-refractivity contribution in [1.29, 1.82) is 0 Å². The lowest BCUT2D eigenvalue weighted by molar-refractivity contribution is 0.257. The molecular formula is C21H26N4O2S. The second-order valence-electron chi connectivity index (χ2n) is 8.14. The molecule has 0 saturated carbocycles. The van der Waals surface area contributed by atoms with Crippen molar-refractivity contribution in [3.63, 3.8) is 0 Å². The predicted molar refractivity (Wildman–Crippen MR) is 109 cm³/mol. The van der Waals surface area contributed by atoms with Gasteiger partial charge in [-0.1, -0.05) is 18.9 Å². The van der Waals surface area contributed by atoms with E-state index in [-0.39, 0.29) is 0 Å². The van der Waals surface area contributed by atoms with Gasteiger partial charge in [0.15, 0.2) is 16.0 Å². The van der Waals surface area contributed by atoms with Crippen LogP contribution < -0.4 is 10.0 Å². The van der Waals surface area contributed by atoms with E-state index in [2.05, 4.69) is 21.2 Å². The van der Waals surface area contributed by atoms with Crippen LogP contribution in [0.3, 0.4) is 0 Å². The van der Waals surface area contributed by atoms with Gasteiger partial charge in [0.1, 0.15) is 0 Å². The van der Waals surface area contributed by atoms with Crippen LogP contribution >= 0.6 is 0 Å². The number of nitrogens with one attached hydrogen (secondary N) is 2. The molecule has 1 aromatic heterocycles. The summed E-state index contributed by atoms with van der Waals surface area (Å²) in [6.07, 6.45) is 11.9. The molecule has 1 aromatic carbocycles. The van der Waals surface area contributed by atoms with Crippen molar-refractivity contribution < 1.29 is 9.00 Å². The summed E-state index contributed by atoms with van der Waals surface area (Å²) in [5.41, 5.74) is 6.43. The van der Waals surface area contributed by atoms with Crippen LogP contribution in [0.2, 0.25) is 0 Å². The van der Waals surface area contributed by atoms with Crippen molar-refractivity contribution in [3.05, 3.63) is 40.6 Å². The zero-order valence-corrected chi connectivity index (χ0v) is 16.8. The summed E-state index contributed by atoms with van der Waals surface area (Å²) in [6, 6.07) is 3.70. The average Bonchev–Trinajstić information content (AvgIpc) is 3.40. The van der Waals surface area contributed by atoms with Gasteiger partial charge in [-0.3, -0.25) is 9.40 Å². The molecule has 2 aromatic rings. The molecule has 28 heavy (non-hydrogen) atoms. The van der Waals surface area contributed by atoms with E-state index in [1.807, 2.05) is 10.9 Å². The molecule has 7 heteroatoms. The summed E-state index contributed by atoms with van der Waals surface area (Å²) in [6.45, 7) is 0.823. The molecule has 0 fully saturated rings. The Labute approximate surface area is 167 Å². The molecule has 5 rings (SSSR count). The van der Waals surface area contributed by atoms with E-state index in [9.17, 15) is 9.00 Å². The molecule has 2 bridgehead atoms. The molecule has 3 aliphatic rings. The van der Waals surface area contributed by atoms with Gasteiger partial charge in [0.2, 0.25) is 0 Å². The van der Waals surface area contributed by atoms with Crippen molar-refractivity contribution in [2.75, 3.05) is 5.32 Å². The standard InChI is InChI=1S/C21H26N4O2S/c26-21-22-20-17-7-4-6-15(17)13-16-9-8-14(19(16)20)5-2-1-3-11-25-12-10-18(23-25)28(27)24-21/h10,12-14H,1-9,11H2,(H2,22,24,26). The van der Waals surface area contributed by atoms with Gasteiger partial charge in [-0.25, -0.2) is 9.00 Å². The minimum atomic E-state index is -1.66. The summed E-state index contributed by atoms with van der Waals surface area (Å²) in [7, 11) is -1.66. The maximum Gasteiger partial charge on any atom is 0.331 e. The minimum Gasteiger partial charge on any atom is -0.307 e. The molecule has 2 N–H and O–H groups in total. The van der Waals surface area contributed by atoms with E-state index in [1.54, 1.807) is 6.07 Å². The molecule has 6 nitrogen and oxygen atoms in total. The van der Waals surface area contributed by atoms with E-state index in [4.69, 9.17) is 0 Å². The van der Waals surface area contributed by atoms with Crippen LogP contribution in [0, 0.1) is 0 Å². The maximum absolute atomic E-state index is 12.7. The average molecular weight is 399 g/mol. The third kappa shape index (κ3) is 3.26. The summed E-state index contributed by atoms with van der Waals surface area (Å²) in [4.78, 5) is 12.7. The fourth-order valence-electron chi connectivity index (χ4n) is 5.09. The van der Waals surface area contributed by atoms with Crippen LogP contribution in [0.4, 0.5) is 10.5 Å². The van der Waals surface area contributed by atoms with Crippen LogP contribution in [0.25, 0.3) is 0 Å². The highest BCUT2D eigenvalue weighted by Crippen LogP contribution is 2.46. The number of hydrogen-bond donors (Lipinski definition) is 2. The number of carbonyl (C=O) groups excluding carboxylic acids is 1. The van der Waals surface area contributed by atoms with Gasteiger partial charge in [-0.15, -0.1) is 0 Å². The number of hydrogen-bond acceptors (Lipinski definition) is 3. The SMILES string of the molecule is O=C1Nc2c3c(cc4c2C(CCCCCn2ccc(n2)S(=O)N1)CC4)CCC3. The lowest BCUT2D eigenvalue weighted by atomic mass is 9.90. The number of nitrogens with zero attached hydrogens (tertiary/aromatic N) is 2. The normalized spacial score (nSPS) is 24.5. The number of rotatable bonds is 0. The van der Waals surface area contributed by atoms with E-state index in [0.717, 1.165) is 50.8 Å². The monoisotopic (exact) mass is 398 g/mol. The summed E-state index contributed by atoms with van der Waals surface area (Å²) in [5.74, 6) is 0.516. The van der Waals surface area contributed by atoms with Crippen molar-refractivity contribution >= 4 is 22.7 Å². The highest BCUT2D eigenvalue weighted by Gasteiger charge is 2.31. The first-order valence-electron chi connectivity index (χ1n) is 10.4. The minimum absolute atomic E-state index is 0.395. The molecule has 2 unspecified atom stereocenters. The highest BCUT2D eigenvalue weighted by molar-refractivity contribution is 7.83. The fourth-order valence-corrected chi connectivity index (χ4v) is 5.77. The van der Waals surface area contributed by atoms with Gasteiger partial charge < -0.3 is 5.32 Å². The van der Waals surface area contributed by atoms with Gasteiger partial charge in [0.25, 0.3) is 0 Å². The van der Waals surface area contributed by atoms with E-state index in [0.29, 0.717) is 10.9 Å². The first-order chi connectivity index (χ1) is 13.7. The van der Waals surface area contributed by atoms with E-state index < -0.39 is 17.0 Å². The number of carbonyl (C=O) groups is 1. The Morgan fingerprint density at radius 2 is 2.00 bits per heavy atom. The first kappa shape index (κ1) is 17.9. The number of benzene rings is 1. The largest absolute Gasteiger partial charge is 0.331 e. The molecule has 0 radical (unpaired) electrons. The fraction of sp³-hybridized carbons (Fsp3) is 0.524. The van der Waals surface area contributed by atoms with Crippen LogP contribution in [0.5, 0.6) is 0 Å². The van der Waals surface area contributed by atoms with Crippen LogP contribution in [-0.4, -0.2) is 20.0 Å². The molecule has 2 aliphatic carbocycles. The van der Waals surface area contributed by atoms with E-state index in [1.165, 1.54) is 41.5 Å². The number of amides is 2. The molecule has 148 valence electrons. The Morgan fingerprint density at radius 1 is 1.07 bits per heavy atom. The van der Waals surface area contributed by atoms with Gasteiger partial charge in [0.05, 0.1) is 0 Å². The summed E-state index contributed by atoms with van der Waals surface area (Å²) >= 11 is 0. The zero-order valence-electron chi connectivity index (χ0n) is 16.0. The van der Waals surface area contributed by atoms with Crippen LogP contribution in [0.1, 0.15) is 66.7 Å². The molecule has 0 spiro atoms. The Kier molecular flexibility index (Phi) is 4.70. The third-order valence-corrected chi connectivity index (χ3v) is 7.33. The third-order valence-electron chi connectivity index (χ3n) is 6.37. The number of aryl methyl sites for hydroxylation is 3. The highest BCUT2D eigenvalue weighted by atomic mass is 32.2. The van der Waals surface area contributed by atoms with Crippen molar-refractivity contribution in [3.8, 4) is 0 Å². The quantitative estimate of drug-likeness (QED) is 0.708. The summed E-state index contributed by atoms with van der Waals surface area (Å²) in [5, 5.41) is 7.84. The number of anilines is 1. The number of aromatic nitrogens is 2. The maximum atomic E-state index is 12.7. The Hall–Kier alpha value is -2.15. The van der Waals surface area contributed by atoms with Gasteiger partial charge in [0, 0.05) is 18.4 Å². The molecule has 2 heterocycles.